The zero-order chi connectivity index (χ0) is 13.1. The Morgan fingerprint density at radius 3 is 3.05 bits per heavy atom. The first kappa shape index (κ1) is 13.0. The van der Waals surface area contributed by atoms with E-state index in [9.17, 15) is 0 Å². The predicted molar refractivity (Wildman–Crippen MR) is 81.5 cm³/mol. The van der Waals surface area contributed by atoms with Crippen LogP contribution in [0.15, 0.2) is 18.2 Å². The van der Waals surface area contributed by atoms with Crippen LogP contribution < -0.4 is 10.6 Å². The Morgan fingerprint density at radius 1 is 1.26 bits per heavy atom. The van der Waals surface area contributed by atoms with Crippen molar-refractivity contribution in [2.75, 3.05) is 11.9 Å². The number of benzene rings is 1. The lowest BCUT2D eigenvalue weighted by Gasteiger charge is -2.32. The maximum Gasteiger partial charge on any atom is 0.0419 e. The summed E-state index contributed by atoms with van der Waals surface area (Å²) < 4.78 is 0. The third kappa shape index (κ3) is 2.79. The molecule has 0 saturated heterocycles. The molecule has 1 aromatic carbocycles. The second-order valence-corrected chi connectivity index (χ2v) is 6.07. The SMILES string of the molecule is CCC1CCCCC1NCc1cccc2c1NCC2. The largest absolute Gasteiger partial charge is 0.384 e. The van der Waals surface area contributed by atoms with Gasteiger partial charge in [-0.2, -0.15) is 0 Å². The molecule has 1 heterocycles. The number of anilines is 1. The van der Waals surface area contributed by atoms with E-state index in [2.05, 4.69) is 35.8 Å². The van der Waals surface area contributed by atoms with Gasteiger partial charge in [-0.3, -0.25) is 0 Å². The molecule has 1 aliphatic carbocycles. The highest BCUT2D eigenvalue weighted by Gasteiger charge is 2.23. The van der Waals surface area contributed by atoms with Gasteiger partial charge in [-0.15, -0.1) is 0 Å². The molecule has 1 saturated carbocycles. The zero-order valence-corrected chi connectivity index (χ0v) is 12.0. The van der Waals surface area contributed by atoms with E-state index in [0.29, 0.717) is 0 Å². The van der Waals surface area contributed by atoms with Gasteiger partial charge in [0.1, 0.15) is 0 Å². The minimum atomic E-state index is 0.732. The van der Waals surface area contributed by atoms with Crippen LogP contribution in [0, 0.1) is 5.92 Å². The normalized spacial score (nSPS) is 25.9. The van der Waals surface area contributed by atoms with Crippen LogP contribution in [0.3, 0.4) is 0 Å². The van der Waals surface area contributed by atoms with Gasteiger partial charge >= 0.3 is 0 Å². The molecule has 2 nitrogen and oxygen atoms in total. The molecule has 3 rings (SSSR count). The molecule has 1 fully saturated rings. The Bertz CT molecular complexity index is 427. The molecule has 1 aromatic rings. The first-order chi connectivity index (χ1) is 9.38. The molecule has 104 valence electrons. The lowest BCUT2D eigenvalue weighted by atomic mass is 9.83. The second-order valence-electron chi connectivity index (χ2n) is 6.07. The van der Waals surface area contributed by atoms with Gasteiger partial charge in [-0.1, -0.05) is 44.4 Å². The van der Waals surface area contributed by atoms with E-state index in [1.54, 1.807) is 0 Å². The maximum absolute atomic E-state index is 3.83. The Morgan fingerprint density at radius 2 is 2.16 bits per heavy atom. The molecule has 0 amide bonds. The highest BCUT2D eigenvalue weighted by atomic mass is 14.9. The molecule has 2 unspecified atom stereocenters. The van der Waals surface area contributed by atoms with E-state index in [0.717, 1.165) is 25.0 Å². The molecular formula is C17H26N2. The summed E-state index contributed by atoms with van der Waals surface area (Å²) in [5.74, 6) is 0.887. The second kappa shape index (κ2) is 5.96. The van der Waals surface area contributed by atoms with Gasteiger partial charge < -0.3 is 10.6 Å². The van der Waals surface area contributed by atoms with E-state index in [1.807, 2.05) is 0 Å². The van der Waals surface area contributed by atoms with E-state index >= 15 is 0 Å². The molecule has 0 aromatic heterocycles. The van der Waals surface area contributed by atoms with Crippen molar-refractivity contribution >= 4 is 5.69 Å². The highest BCUT2D eigenvalue weighted by Crippen LogP contribution is 2.29. The molecular weight excluding hydrogens is 232 g/mol. The first-order valence-electron chi connectivity index (χ1n) is 7.96. The fourth-order valence-corrected chi connectivity index (χ4v) is 3.76. The van der Waals surface area contributed by atoms with Gasteiger partial charge in [0.25, 0.3) is 0 Å². The minimum Gasteiger partial charge on any atom is -0.384 e. The van der Waals surface area contributed by atoms with E-state index < -0.39 is 0 Å². The van der Waals surface area contributed by atoms with Gasteiger partial charge in [0.2, 0.25) is 0 Å². The van der Waals surface area contributed by atoms with Crippen molar-refractivity contribution in [1.29, 1.82) is 0 Å². The number of hydrogen-bond acceptors (Lipinski definition) is 2. The summed E-state index contributed by atoms with van der Waals surface area (Å²) in [5, 5.41) is 7.37. The minimum absolute atomic E-state index is 0.732. The standard InChI is InChI=1S/C17H26N2/c1-2-13-6-3-4-9-16(13)19-12-15-8-5-7-14-10-11-18-17(14)15/h5,7-8,13,16,18-19H,2-4,6,9-12H2,1H3. The van der Waals surface area contributed by atoms with Gasteiger partial charge in [0.05, 0.1) is 0 Å². The Kier molecular flexibility index (Phi) is 4.07. The van der Waals surface area contributed by atoms with Crippen molar-refractivity contribution in [3.63, 3.8) is 0 Å². The first-order valence-corrected chi connectivity index (χ1v) is 7.96. The summed E-state index contributed by atoms with van der Waals surface area (Å²) >= 11 is 0. The average molecular weight is 258 g/mol. The van der Waals surface area contributed by atoms with Crippen LogP contribution in [0.25, 0.3) is 0 Å². The van der Waals surface area contributed by atoms with E-state index in [4.69, 9.17) is 0 Å². The summed E-state index contributed by atoms with van der Waals surface area (Å²) in [7, 11) is 0. The number of para-hydroxylation sites is 1. The molecule has 2 N–H and O–H groups in total. The van der Waals surface area contributed by atoms with Crippen molar-refractivity contribution in [1.82, 2.24) is 5.32 Å². The molecule has 2 heteroatoms. The Hall–Kier alpha value is -1.02. The maximum atomic E-state index is 3.83. The Labute approximate surface area is 117 Å². The smallest absolute Gasteiger partial charge is 0.0419 e. The topological polar surface area (TPSA) is 24.1 Å². The fraction of sp³-hybridized carbons (Fsp3) is 0.647. The molecule has 0 spiro atoms. The molecule has 0 radical (unpaired) electrons. The summed E-state index contributed by atoms with van der Waals surface area (Å²) in [6, 6.07) is 7.47. The van der Waals surface area contributed by atoms with Gasteiger partial charge in [-0.05, 0) is 36.3 Å². The monoisotopic (exact) mass is 258 g/mol. The molecule has 0 bridgehead atoms. The van der Waals surface area contributed by atoms with Crippen molar-refractivity contribution in [2.45, 2.75) is 58.0 Å². The lowest BCUT2D eigenvalue weighted by molar-refractivity contribution is 0.254. The summed E-state index contributed by atoms with van der Waals surface area (Å²) in [6.07, 6.45) is 8.12. The lowest BCUT2D eigenvalue weighted by Crippen LogP contribution is -2.37. The summed E-state index contributed by atoms with van der Waals surface area (Å²) in [5.41, 5.74) is 4.35. The van der Waals surface area contributed by atoms with Crippen molar-refractivity contribution in [3.05, 3.63) is 29.3 Å². The average Bonchev–Trinajstić information content (AvgIpc) is 2.94. The molecule has 2 atom stereocenters. The number of fused-ring (bicyclic) bond motifs is 1. The predicted octanol–water partition coefficient (Wildman–Crippen LogP) is 3.71. The van der Waals surface area contributed by atoms with Crippen LogP contribution in [-0.2, 0) is 13.0 Å². The molecule has 1 aliphatic heterocycles. The Balaban J connectivity index is 1.64. The zero-order valence-electron chi connectivity index (χ0n) is 12.0. The van der Waals surface area contributed by atoms with Gasteiger partial charge in [-0.25, -0.2) is 0 Å². The van der Waals surface area contributed by atoms with Crippen LogP contribution in [-0.4, -0.2) is 12.6 Å². The quantitative estimate of drug-likeness (QED) is 0.860. The van der Waals surface area contributed by atoms with Crippen LogP contribution in [0.4, 0.5) is 5.69 Å². The van der Waals surface area contributed by atoms with Crippen molar-refractivity contribution in [3.8, 4) is 0 Å². The summed E-state index contributed by atoms with van der Waals surface area (Å²) in [4.78, 5) is 0. The number of rotatable bonds is 4. The van der Waals surface area contributed by atoms with Gasteiger partial charge in [0, 0.05) is 24.8 Å². The molecule has 19 heavy (non-hydrogen) atoms. The van der Waals surface area contributed by atoms with E-state index in [1.165, 1.54) is 55.3 Å². The van der Waals surface area contributed by atoms with Crippen molar-refractivity contribution < 1.29 is 0 Å². The third-order valence-corrected chi connectivity index (χ3v) is 4.92. The number of nitrogens with one attached hydrogen (secondary N) is 2. The van der Waals surface area contributed by atoms with Crippen LogP contribution in [0.5, 0.6) is 0 Å². The number of hydrogen-bond donors (Lipinski definition) is 2. The van der Waals surface area contributed by atoms with Gasteiger partial charge in [0.15, 0.2) is 0 Å². The van der Waals surface area contributed by atoms with Crippen LogP contribution in [0.2, 0.25) is 0 Å². The third-order valence-electron chi connectivity index (χ3n) is 4.92. The van der Waals surface area contributed by atoms with Crippen LogP contribution in [0.1, 0.15) is 50.2 Å². The fourth-order valence-electron chi connectivity index (χ4n) is 3.76. The van der Waals surface area contributed by atoms with E-state index in [-0.39, 0.29) is 0 Å². The molecule has 2 aliphatic rings. The summed E-state index contributed by atoms with van der Waals surface area (Å²) in [6.45, 7) is 4.47. The highest BCUT2D eigenvalue weighted by molar-refractivity contribution is 5.61. The van der Waals surface area contributed by atoms with Crippen LogP contribution >= 0.6 is 0 Å². The van der Waals surface area contributed by atoms with Crippen molar-refractivity contribution in [2.24, 2.45) is 5.92 Å².